The van der Waals surface area contributed by atoms with E-state index in [1.165, 1.54) is 0 Å². The molecule has 0 aliphatic carbocycles. The molecule has 0 aromatic rings. The Balaban J connectivity index is 4.14. The predicted octanol–water partition coefficient (Wildman–Crippen LogP) is 2.34. The number of nitrogens with one attached hydrogen (secondary N) is 1. The number of hydrogen-bond donors (Lipinski definition) is 2. The number of rotatable bonds is 7. The first-order valence-corrected chi connectivity index (χ1v) is 5.48. The van der Waals surface area contributed by atoms with Gasteiger partial charge in [-0.2, -0.15) is 0 Å². The lowest BCUT2D eigenvalue weighted by Gasteiger charge is -2.33. The van der Waals surface area contributed by atoms with Gasteiger partial charge in [0.1, 0.15) is 0 Å². The molecule has 2 N–H and O–H groups in total. The second-order valence-corrected chi connectivity index (χ2v) is 4.51. The highest BCUT2D eigenvalue weighted by Crippen LogP contribution is 2.15. The summed E-state index contributed by atoms with van der Waals surface area (Å²) in [5, 5.41) is 12.7. The van der Waals surface area contributed by atoms with Gasteiger partial charge in [-0.3, -0.25) is 0 Å². The van der Waals surface area contributed by atoms with Crippen molar-refractivity contribution >= 4 is 0 Å². The maximum atomic E-state index is 9.26. The van der Waals surface area contributed by atoms with Crippen LogP contribution in [0.25, 0.3) is 0 Å². The van der Waals surface area contributed by atoms with E-state index in [9.17, 15) is 5.11 Å². The van der Waals surface area contributed by atoms with Crippen molar-refractivity contribution in [3.63, 3.8) is 0 Å². The number of aliphatic hydroxyl groups is 1. The Morgan fingerprint density at radius 2 is 2.07 bits per heavy atom. The van der Waals surface area contributed by atoms with Crippen molar-refractivity contribution in [2.24, 2.45) is 5.92 Å². The largest absolute Gasteiger partial charge is 0.394 e. The van der Waals surface area contributed by atoms with E-state index >= 15 is 0 Å². The zero-order chi connectivity index (χ0) is 11.2. The fraction of sp³-hybridized carbons (Fsp3) is 0.833. The van der Waals surface area contributed by atoms with Crippen LogP contribution >= 0.6 is 0 Å². The molecule has 0 aliphatic heterocycles. The molecule has 0 aromatic carbocycles. The first-order chi connectivity index (χ1) is 6.49. The molecule has 0 saturated carbocycles. The summed E-state index contributed by atoms with van der Waals surface area (Å²) in [5.41, 5.74) is -0.144. The van der Waals surface area contributed by atoms with Crippen LogP contribution in [-0.4, -0.2) is 23.3 Å². The summed E-state index contributed by atoms with van der Waals surface area (Å²) >= 11 is 0. The minimum absolute atomic E-state index is 0.144. The highest BCUT2D eigenvalue weighted by molar-refractivity contribution is 4.86. The first-order valence-electron chi connectivity index (χ1n) is 5.48. The smallest absolute Gasteiger partial charge is 0.0610 e. The highest BCUT2D eigenvalue weighted by Gasteiger charge is 2.24. The number of allylic oxidation sites excluding steroid dienone is 1. The molecule has 0 fully saturated rings. The molecule has 0 amide bonds. The summed E-state index contributed by atoms with van der Waals surface area (Å²) in [7, 11) is 0. The minimum atomic E-state index is -0.144. The first kappa shape index (κ1) is 13.7. The second-order valence-electron chi connectivity index (χ2n) is 4.51. The summed E-state index contributed by atoms with van der Waals surface area (Å²) < 4.78 is 0. The Kier molecular flexibility index (Phi) is 6.05. The average Bonchev–Trinajstić information content (AvgIpc) is 2.18. The maximum Gasteiger partial charge on any atom is 0.0610 e. The van der Waals surface area contributed by atoms with Crippen LogP contribution in [0.2, 0.25) is 0 Å². The van der Waals surface area contributed by atoms with Crippen LogP contribution < -0.4 is 5.32 Å². The van der Waals surface area contributed by atoms with Crippen LogP contribution in [-0.2, 0) is 0 Å². The van der Waals surface area contributed by atoms with E-state index in [1.807, 2.05) is 6.08 Å². The van der Waals surface area contributed by atoms with Crippen molar-refractivity contribution in [3.05, 3.63) is 12.7 Å². The van der Waals surface area contributed by atoms with E-state index in [0.29, 0.717) is 12.0 Å². The van der Waals surface area contributed by atoms with Gasteiger partial charge in [-0.15, -0.1) is 6.58 Å². The minimum Gasteiger partial charge on any atom is -0.394 e. The van der Waals surface area contributed by atoms with Gasteiger partial charge in [-0.1, -0.05) is 19.9 Å². The molecule has 2 nitrogen and oxygen atoms in total. The zero-order valence-corrected chi connectivity index (χ0v) is 10.0. The Hall–Kier alpha value is -0.340. The molecule has 0 spiro atoms. The summed E-state index contributed by atoms with van der Waals surface area (Å²) in [5.74, 6) is 0.560. The van der Waals surface area contributed by atoms with Crippen molar-refractivity contribution in [1.82, 2.24) is 5.32 Å². The van der Waals surface area contributed by atoms with E-state index in [0.717, 1.165) is 12.8 Å². The summed E-state index contributed by atoms with van der Waals surface area (Å²) in [6.07, 6.45) is 3.90. The average molecular weight is 199 g/mol. The Morgan fingerprint density at radius 1 is 1.50 bits per heavy atom. The highest BCUT2D eigenvalue weighted by atomic mass is 16.3. The lowest BCUT2D eigenvalue weighted by molar-refractivity contribution is 0.148. The van der Waals surface area contributed by atoms with Gasteiger partial charge in [-0.05, 0) is 32.6 Å². The fourth-order valence-electron chi connectivity index (χ4n) is 1.42. The third-order valence-corrected chi connectivity index (χ3v) is 3.10. The maximum absolute atomic E-state index is 9.26. The van der Waals surface area contributed by atoms with Gasteiger partial charge in [0.15, 0.2) is 0 Å². The molecule has 2 heteroatoms. The predicted molar refractivity (Wildman–Crippen MR) is 62.4 cm³/mol. The molecule has 0 heterocycles. The molecule has 0 aromatic heterocycles. The van der Waals surface area contributed by atoms with E-state index < -0.39 is 0 Å². The van der Waals surface area contributed by atoms with Crippen LogP contribution in [0.3, 0.4) is 0 Å². The SMILES string of the molecule is C=CCC(C)C(C)NC(C)(CC)CO. The van der Waals surface area contributed by atoms with Gasteiger partial charge in [-0.25, -0.2) is 0 Å². The second kappa shape index (κ2) is 6.20. The van der Waals surface area contributed by atoms with Gasteiger partial charge >= 0.3 is 0 Å². The van der Waals surface area contributed by atoms with Crippen molar-refractivity contribution in [1.29, 1.82) is 0 Å². The van der Waals surface area contributed by atoms with Crippen molar-refractivity contribution in [3.8, 4) is 0 Å². The molecule has 0 rings (SSSR count). The van der Waals surface area contributed by atoms with Crippen molar-refractivity contribution in [2.45, 2.75) is 52.1 Å². The standard InChI is InChI=1S/C12H25NO/c1-6-8-10(3)11(4)13-12(5,7-2)9-14/h6,10-11,13-14H,1,7-9H2,2-5H3. The van der Waals surface area contributed by atoms with Crippen LogP contribution in [0.1, 0.15) is 40.5 Å². The van der Waals surface area contributed by atoms with Crippen molar-refractivity contribution in [2.75, 3.05) is 6.61 Å². The van der Waals surface area contributed by atoms with Crippen LogP contribution in [0.15, 0.2) is 12.7 Å². The van der Waals surface area contributed by atoms with Crippen LogP contribution in [0, 0.1) is 5.92 Å². The molecule has 0 saturated heterocycles. The molecule has 0 bridgehead atoms. The molecule has 3 unspecified atom stereocenters. The Labute approximate surface area is 88.4 Å². The Morgan fingerprint density at radius 3 is 2.43 bits per heavy atom. The molecule has 84 valence electrons. The number of aliphatic hydroxyl groups excluding tert-OH is 1. The molecule has 3 atom stereocenters. The van der Waals surface area contributed by atoms with Gasteiger partial charge in [0.2, 0.25) is 0 Å². The normalized spacial score (nSPS) is 19.8. The fourth-order valence-corrected chi connectivity index (χ4v) is 1.42. The van der Waals surface area contributed by atoms with Gasteiger partial charge in [0.25, 0.3) is 0 Å². The van der Waals surface area contributed by atoms with Gasteiger partial charge < -0.3 is 10.4 Å². The van der Waals surface area contributed by atoms with E-state index in [1.54, 1.807) is 0 Å². The third kappa shape index (κ3) is 4.25. The lowest BCUT2D eigenvalue weighted by atomic mass is 9.93. The molecular weight excluding hydrogens is 174 g/mol. The Bertz CT molecular complexity index is 164. The summed E-state index contributed by atoms with van der Waals surface area (Å²) in [6.45, 7) is 12.4. The quantitative estimate of drug-likeness (QED) is 0.617. The molecule has 0 aliphatic rings. The van der Waals surface area contributed by atoms with Crippen molar-refractivity contribution < 1.29 is 5.11 Å². The molecule has 14 heavy (non-hydrogen) atoms. The molecular formula is C12H25NO. The molecule has 0 radical (unpaired) electrons. The topological polar surface area (TPSA) is 32.3 Å². The van der Waals surface area contributed by atoms with E-state index in [-0.39, 0.29) is 12.1 Å². The third-order valence-electron chi connectivity index (χ3n) is 3.10. The van der Waals surface area contributed by atoms with Crippen LogP contribution in [0.4, 0.5) is 0 Å². The summed E-state index contributed by atoms with van der Waals surface area (Å²) in [4.78, 5) is 0. The van der Waals surface area contributed by atoms with E-state index in [2.05, 4.69) is 39.6 Å². The van der Waals surface area contributed by atoms with Gasteiger partial charge in [0.05, 0.1) is 6.61 Å². The van der Waals surface area contributed by atoms with E-state index in [4.69, 9.17) is 0 Å². The zero-order valence-electron chi connectivity index (χ0n) is 10.0. The summed E-state index contributed by atoms with van der Waals surface area (Å²) in [6, 6.07) is 0.408. The van der Waals surface area contributed by atoms with Crippen LogP contribution in [0.5, 0.6) is 0 Å². The lowest BCUT2D eigenvalue weighted by Crippen LogP contribution is -2.51. The number of hydrogen-bond acceptors (Lipinski definition) is 2. The van der Waals surface area contributed by atoms with Gasteiger partial charge in [0, 0.05) is 11.6 Å². The monoisotopic (exact) mass is 199 g/mol.